The lowest BCUT2D eigenvalue weighted by atomic mass is 9.88. The van der Waals surface area contributed by atoms with Gasteiger partial charge in [-0.05, 0) is 70.7 Å². The van der Waals surface area contributed by atoms with Gasteiger partial charge in [0, 0.05) is 23.6 Å². The zero-order valence-electron chi connectivity index (χ0n) is 17.3. The molecule has 28 heavy (non-hydrogen) atoms. The number of aliphatic hydroxyl groups is 1. The molecule has 2 N–H and O–H groups in total. The summed E-state index contributed by atoms with van der Waals surface area (Å²) in [5, 5.41) is 12.2. The van der Waals surface area contributed by atoms with Gasteiger partial charge in [-0.25, -0.2) is 4.79 Å². The molecule has 6 nitrogen and oxygen atoms in total. The number of nitrogens with zero attached hydrogens (tertiary/aromatic N) is 1. The maximum Gasteiger partial charge on any atom is 0.412 e. The van der Waals surface area contributed by atoms with E-state index in [4.69, 9.17) is 9.47 Å². The van der Waals surface area contributed by atoms with E-state index in [1.54, 1.807) is 21.0 Å². The molecule has 0 bridgehead atoms. The Labute approximate surface area is 166 Å². The second kappa shape index (κ2) is 7.51. The van der Waals surface area contributed by atoms with Gasteiger partial charge in [0.05, 0.1) is 7.11 Å². The molecule has 0 radical (unpaired) electrons. The van der Waals surface area contributed by atoms with Gasteiger partial charge in [-0.2, -0.15) is 0 Å². The van der Waals surface area contributed by atoms with E-state index >= 15 is 0 Å². The van der Waals surface area contributed by atoms with E-state index in [-0.39, 0.29) is 0 Å². The van der Waals surface area contributed by atoms with Crippen LogP contribution in [0.4, 0.5) is 4.79 Å². The summed E-state index contributed by atoms with van der Waals surface area (Å²) in [6.07, 6.45) is 5.48. The van der Waals surface area contributed by atoms with Crippen LogP contribution in [0.25, 0.3) is 10.9 Å². The molecule has 0 saturated carbocycles. The number of ether oxygens (including phenoxy) is 2. The summed E-state index contributed by atoms with van der Waals surface area (Å²) >= 11 is 0. The van der Waals surface area contributed by atoms with E-state index in [1.165, 1.54) is 10.5 Å². The highest BCUT2D eigenvalue weighted by atomic mass is 16.6. The summed E-state index contributed by atoms with van der Waals surface area (Å²) < 4.78 is 10.9. The molecule has 1 aliphatic rings. The summed E-state index contributed by atoms with van der Waals surface area (Å²) in [5.41, 5.74) is 0.969. The van der Waals surface area contributed by atoms with Crippen LogP contribution < -0.4 is 4.74 Å². The summed E-state index contributed by atoms with van der Waals surface area (Å²) in [7, 11) is 1.64. The van der Waals surface area contributed by atoms with Gasteiger partial charge in [0.25, 0.3) is 0 Å². The highest BCUT2D eigenvalue weighted by Crippen LogP contribution is 2.41. The number of aromatic amines is 1. The van der Waals surface area contributed by atoms with Crippen molar-refractivity contribution < 1.29 is 19.4 Å². The van der Waals surface area contributed by atoms with Crippen LogP contribution >= 0.6 is 0 Å². The Morgan fingerprint density at radius 3 is 2.79 bits per heavy atom. The van der Waals surface area contributed by atoms with Gasteiger partial charge < -0.3 is 19.6 Å². The number of allylic oxidation sites excluding steroid dienone is 2. The third-order valence-electron chi connectivity index (χ3n) is 5.81. The second-order valence-corrected chi connectivity index (χ2v) is 8.07. The first-order valence-electron chi connectivity index (χ1n) is 9.68. The number of fused-ring (bicyclic) bond motifs is 1. The van der Waals surface area contributed by atoms with Crippen molar-refractivity contribution in [2.75, 3.05) is 13.7 Å². The fraction of sp³-hybridized carbons (Fsp3) is 0.500. The Kier molecular flexibility index (Phi) is 5.44. The lowest BCUT2D eigenvalue weighted by Crippen LogP contribution is -2.55. The van der Waals surface area contributed by atoms with Gasteiger partial charge >= 0.3 is 6.09 Å². The number of benzene rings is 1. The van der Waals surface area contributed by atoms with Crippen LogP contribution in [0.15, 0.2) is 36.0 Å². The summed E-state index contributed by atoms with van der Waals surface area (Å²) in [6.45, 7) is 7.90. The molecule has 2 atom stereocenters. The third kappa shape index (κ3) is 3.61. The Morgan fingerprint density at radius 2 is 2.11 bits per heavy atom. The predicted octanol–water partition coefficient (Wildman–Crippen LogP) is 4.38. The minimum atomic E-state index is -1.37. The van der Waals surface area contributed by atoms with Crippen LogP contribution in [0.3, 0.4) is 0 Å². The number of rotatable bonds is 7. The Balaban J connectivity index is 1.75. The number of H-pyrrole nitrogens is 1. The number of hydrogen-bond acceptors (Lipinski definition) is 4. The van der Waals surface area contributed by atoms with Gasteiger partial charge in [0.2, 0.25) is 0 Å². The molecular formula is C22H30N2O4. The SMILES string of the molecule is COc1ccc2[nH]cc(CCN3C(=O)O[C@](C)(CCC=C(C)C)[C@@]3(C)O)c2c1. The number of methoxy groups -OCH3 is 1. The minimum Gasteiger partial charge on any atom is -0.497 e. The zero-order chi connectivity index (χ0) is 20.5. The maximum atomic E-state index is 12.5. The van der Waals surface area contributed by atoms with E-state index in [0.717, 1.165) is 28.6 Å². The number of hydrogen-bond donors (Lipinski definition) is 2. The van der Waals surface area contributed by atoms with Gasteiger partial charge in [-0.15, -0.1) is 0 Å². The Hall–Kier alpha value is -2.47. The van der Waals surface area contributed by atoms with Crippen molar-refractivity contribution in [3.05, 3.63) is 41.6 Å². The molecular weight excluding hydrogens is 356 g/mol. The minimum absolute atomic E-state index is 0.369. The fourth-order valence-electron chi connectivity index (χ4n) is 3.76. The smallest absolute Gasteiger partial charge is 0.412 e. The number of cyclic esters (lactones) is 1. The third-order valence-corrected chi connectivity index (χ3v) is 5.81. The summed E-state index contributed by atoms with van der Waals surface area (Å²) in [5.74, 6) is 0.785. The zero-order valence-corrected chi connectivity index (χ0v) is 17.3. The molecule has 152 valence electrons. The van der Waals surface area contributed by atoms with Crippen LogP contribution in [0.2, 0.25) is 0 Å². The molecule has 1 aromatic heterocycles. The van der Waals surface area contributed by atoms with E-state index < -0.39 is 17.4 Å². The molecule has 0 spiro atoms. The number of carbonyl (C=O) groups excluding carboxylic acids is 1. The van der Waals surface area contributed by atoms with Crippen LogP contribution in [-0.4, -0.2) is 46.1 Å². The molecule has 3 rings (SSSR count). The van der Waals surface area contributed by atoms with Gasteiger partial charge in [0.15, 0.2) is 11.3 Å². The van der Waals surface area contributed by atoms with Crippen molar-refractivity contribution in [2.24, 2.45) is 0 Å². The summed E-state index contributed by atoms with van der Waals surface area (Å²) in [4.78, 5) is 17.2. The second-order valence-electron chi connectivity index (χ2n) is 8.07. The number of nitrogens with one attached hydrogen (secondary N) is 1. The Bertz CT molecular complexity index is 895. The average molecular weight is 386 g/mol. The molecule has 0 unspecified atom stereocenters. The van der Waals surface area contributed by atoms with Gasteiger partial charge in [-0.3, -0.25) is 4.90 Å². The predicted molar refractivity (Wildman–Crippen MR) is 109 cm³/mol. The highest BCUT2D eigenvalue weighted by Gasteiger charge is 2.58. The van der Waals surface area contributed by atoms with Crippen molar-refractivity contribution in [3.8, 4) is 5.75 Å². The van der Waals surface area contributed by atoms with Crippen molar-refractivity contribution in [3.63, 3.8) is 0 Å². The lowest BCUT2D eigenvalue weighted by molar-refractivity contribution is -0.138. The fourth-order valence-corrected chi connectivity index (χ4v) is 3.76. The molecule has 2 aromatic rings. The summed E-state index contributed by atoms with van der Waals surface area (Å²) in [6, 6.07) is 5.85. The van der Waals surface area contributed by atoms with Crippen LogP contribution in [0.1, 0.15) is 46.1 Å². The van der Waals surface area contributed by atoms with E-state index in [1.807, 2.05) is 38.2 Å². The lowest BCUT2D eigenvalue weighted by Gasteiger charge is -2.37. The molecule has 1 fully saturated rings. The molecule has 6 heteroatoms. The molecule has 1 saturated heterocycles. The maximum absolute atomic E-state index is 12.5. The van der Waals surface area contributed by atoms with Crippen LogP contribution in [0, 0.1) is 0 Å². The number of carbonyl (C=O) groups is 1. The van der Waals surface area contributed by atoms with Crippen LogP contribution in [0.5, 0.6) is 5.75 Å². The van der Waals surface area contributed by atoms with Crippen molar-refractivity contribution in [1.29, 1.82) is 0 Å². The number of aromatic nitrogens is 1. The van der Waals surface area contributed by atoms with E-state index in [2.05, 4.69) is 11.1 Å². The molecule has 2 heterocycles. The van der Waals surface area contributed by atoms with E-state index in [9.17, 15) is 9.90 Å². The molecule has 1 aromatic carbocycles. The first-order valence-corrected chi connectivity index (χ1v) is 9.68. The highest BCUT2D eigenvalue weighted by molar-refractivity contribution is 5.84. The molecule has 1 amide bonds. The van der Waals surface area contributed by atoms with Crippen molar-refractivity contribution >= 4 is 17.0 Å². The largest absolute Gasteiger partial charge is 0.497 e. The molecule has 0 aliphatic carbocycles. The average Bonchev–Trinajstić information content (AvgIpc) is 3.09. The molecule has 1 aliphatic heterocycles. The first kappa shape index (κ1) is 20.3. The van der Waals surface area contributed by atoms with Crippen molar-refractivity contribution in [1.82, 2.24) is 9.88 Å². The Morgan fingerprint density at radius 1 is 1.36 bits per heavy atom. The topological polar surface area (TPSA) is 74.8 Å². The normalized spacial score (nSPS) is 24.5. The first-order chi connectivity index (χ1) is 13.2. The van der Waals surface area contributed by atoms with Gasteiger partial charge in [-0.1, -0.05) is 11.6 Å². The van der Waals surface area contributed by atoms with E-state index in [0.29, 0.717) is 19.4 Å². The van der Waals surface area contributed by atoms with Crippen molar-refractivity contribution in [2.45, 2.75) is 58.3 Å². The standard InChI is InChI=1S/C22H30N2O4/c1-15(2)7-6-11-21(3)22(4,26)24(20(25)28-21)12-10-16-14-23-19-9-8-17(27-5)13-18(16)19/h7-9,13-14,23,26H,6,10-12H2,1-5H3/t21-,22-/m1/s1. The van der Waals surface area contributed by atoms with Crippen LogP contribution in [-0.2, 0) is 11.2 Å². The quantitative estimate of drug-likeness (QED) is 0.692. The number of amides is 1. The monoisotopic (exact) mass is 386 g/mol. The van der Waals surface area contributed by atoms with Gasteiger partial charge in [0.1, 0.15) is 5.75 Å².